The Bertz CT molecular complexity index is 1230. The molecule has 4 aromatic rings. The molecule has 2 heterocycles. The highest BCUT2D eigenvalue weighted by atomic mass is 16.1. The fraction of sp³-hybridized carbons (Fsp3) is 0.182. The Morgan fingerprint density at radius 2 is 1.63 bits per heavy atom. The molecular weight excluding hydrogens is 338 g/mol. The van der Waals surface area contributed by atoms with Crippen LogP contribution in [0.25, 0.3) is 16.6 Å². The molecule has 2 aromatic heterocycles. The van der Waals surface area contributed by atoms with Gasteiger partial charge in [0.05, 0.1) is 16.6 Å². The highest BCUT2D eigenvalue weighted by Gasteiger charge is 2.15. The maximum Gasteiger partial charge on any atom is 0.280 e. The Balaban J connectivity index is 1.82. The molecule has 0 bridgehead atoms. The van der Waals surface area contributed by atoms with E-state index in [1.807, 2.05) is 68.4 Å². The third-order valence-corrected chi connectivity index (χ3v) is 5.04. The zero-order valence-electron chi connectivity index (χ0n) is 15.4. The lowest BCUT2D eigenvalue weighted by atomic mass is 10.1. The fourth-order valence-corrected chi connectivity index (χ4v) is 3.56. The number of rotatable bonds is 4. The monoisotopic (exact) mass is 359 g/mol. The summed E-state index contributed by atoms with van der Waals surface area (Å²) < 4.78 is 3.21. The van der Waals surface area contributed by atoms with Gasteiger partial charge in [0.15, 0.2) is 0 Å². The molecule has 0 radical (unpaired) electrons. The molecule has 136 valence electrons. The van der Waals surface area contributed by atoms with Gasteiger partial charge in [0.1, 0.15) is 0 Å². The quantitative estimate of drug-likeness (QED) is 0.607. The van der Waals surface area contributed by atoms with Crippen molar-refractivity contribution in [2.45, 2.75) is 26.8 Å². The molecule has 2 aromatic carbocycles. The Hall–Kier alpha value is -3.34. The van der Waals surface area contributed by atoms with Crippen molar-refractivity contribution in [3.63, 3.8) is 0 Å². The molecule has 0 saturated heterocycles. The number of pyridine rings is 1. The molecule has 0 atom stereocenters. The first kappa shape index (κ1) is 17.1. The van der Waals surface area contributed by atoms with E-state index in [1.165, 1.54) is 10.7 Å². The third-order valence-electron chi connectivity index (χ3n) is 5.04. The number of hydrogen-bond donors (Lipinski definition) is 1. The Kier molecular flexibility index (Phi) is 4.28. The van der Waals surface area contributed by atoms with Crippen molar-refractivity contribution in [3.05, 3.63) is 98.2 Å². The minimum Gasteiger partial charge on any atom is -0.312 e. The van der Waals surface area contributed by atoms with Gasteiger partial charge in [0, 0.05) is 18.3 Å². The van der Waals surface area contributed by atoms with Crippen LogP contribution in [0.2, 0.25) is 0 Å². The lowest BCUT2D eigenvalue weighted by Crippen LogP contribution is -2.24. The second kappa shape index (κ2) is 6.76. The van der Waals surface area contributed by atoms with E-state index >= 15 is 0 Å². The molecule has 0 spiro atoms. The summed E-state index contributed by atoms with van der Waals surface area (Å²) in [5.41, 5.74) is 3.97. The molecule has 0 aliphatic heterocycles. The predicted molar refractivity (Wildman–Crippen MR) is 108 cm³/mol. The van der Waals surface area contributed by atoms with Gasteiger partial charge in [-0.25, -0.2) is 4.68 Å². The van der Waals surface area contributed by atoms with E-state index < -0.39 is 0 Å². The molecule has 5 heteroatoms. The molecule has 0 amide bonds. The second-order valence-electron chi connectivity index (χ2n) is 6.78. The molecule has 0 fully saturated rings. The minimum atomic E-state index is -0.134. The van der Waals surface area contributed by atoms with Crippen LogP contribution in [0.4, 0.5) is 0 Å². The first-order valence-corrected chi connectivity index (χ1v) is 9.01. The molecule has 5 nitrogen and oxygen atoms in total. The molecule has 4 rings (SSSR count). The average Bonchev–Trinajstić information content (AvgIpc) is 2.99. The first-order chi connectivity index (χ1) is 13.1. The van der Waals surface area contributed by atoms with E-state index in [1.54, 1.807) is 4.57 Å². The van der Waals surface area contributed by atoms with Crippen LogP contribution in [-0.2, 0) is 13.0 Å². The smallest absolute Gasteiger partial charge is 0.280 e. The minimum absolute atomic E-state index is 0.103. The van der Waals surface area contributed by atoms with Gasteiger partial charge in [-0.15, -0.1) is 0 Å². The zero-order chi connectivity index (χ0) is 19.0. The highest BCUT2D eigenvalue weighted by molar-refractivity contribution is 5.80. The maximum atomic E-state index is 13.1. The van der Waals surface area contributed by atoms with Crippen molar-refractivity contribution in [2.75, 3.05) is 0 Å². The van der Waals surface area contributed by atoms with E-state index in [-0.39, 0.29) is 11.1 Å². The molecule has 0 aliphatic rings. The number of nitrogens with one attached hydrogen (secondary N) is 1. The van der Waals surface area contributed by atoms with Gasteiger partial charge >= 0.3 is 0 Å². The number of benzene rings is 2. The van der Waals surface area contributed by atoms with Gasteiger partial charge in [-0.05, 0) is 37.5 Å². The van der Waals surface area contributed by atoms with Gasteiger partial charge < -0.3 is 4.57 Å². The lowest BCUT2D eigenvalue weighted by molar-refractivity contribution is 0.655. The van der Waals surface area contributed by atoms with Crippen molar-refractivity contribution in [1.29, 1.82) is 0 Å². The standard InChI is InChI=1S/C22H21N3O2/c1-15-8-6-7-11-19(15)25-22(27)21-16(2)24(20(26)14-18(21)23-25)13-12-17-9-4-3-5-10-17/h3-11,14,23H,12-13H2,1-2H3. The largest absolute Gasteiger partial charge is 0.312 e. The normalized spacial score (nSPS) is 11.2. The number of nitrogens with zero attached hydrogens (tertiary/aromatic N) is 2. The fourth-order valence-electron chi connectivity index (χ4n) is 3.56. The van der Waals surface area contributed by atoms with Crippen LogP contribution in [0.15, 0.2) is 70.3 Å². The highest BCUT2D eigenvalue weighted by Crippen LogP contribution is 2.16. The summed E-state index contributed by atoms with van der Waals surface area (Å²) in [6, 6.07) is 19.2. The van der Waals surface area contributed by atoms with Gasteiger partial charge in [-0.2, -0.15) is 0 Å². The van der Waals surface area contributed by atoms with Gasteiger partial charge in [0.25, 0.3) is 11.1 Å². The summed E-state index contributed by atoms with van der Waals surface area (Å²) in [5, 5.41) is 3.66. The Morgan fingerprint density at radius 3 is 2.37 bits per heavy atom. The number of fused-ring (bicyclic) bond motifs is 1. The van der Waals surface area contributed by atoms with Gasteiger partial charge in [-0.1, -0.05) is 48.5 Å². The molecular formula is C22H21N3O2. The van der Waals surface area contributed by atoms with Crippen molar-refractivity contribution in [3.8, 4) is 5.69 Å². The number of aromatic nitrogens is 3. The van der Waals surface area contributed by atoms with Crippen molar-refractivity contribution >= 4 is 10.9 Å². The number of hydrogen-bond acceptors (Lipinski definition) is 2. The van der Waals surface area contributed by atoms with E-state index in [2.05, 4.69) is 5.10 Å². The van der Waals surface area contributed by atoms with Crippen LogP contribution in [-0.4, -0.2) is 14.3 Å². The summed E-state index contributed by atoms with van der Waals surface area (Å²) in [4.78, 5) is 25.7. The Morgan fingerprint density at radius 1 is 0.926 bits per heavy atom. The van der Waals surface area contributed by atoms with Crippen LogP contribution in [0.3, 0.4) is 0 Å². The third kappa shape index (κ3) is 3.01. The van der Waals surface area contributed by atoms with Gasteiger partial charge in [0.2, 0.25) is 0 Å². The SMILES string of the molecule is Cc1ccccc1-n1[nH]c2cc(=O)n(CCc3ccccc3)c(C)c2c1=O. The van der Waals surface area contributed by atoms with Gasteiger partial charge in [-0.3, -0.25) is 14.7 Å². The number of aromatic amines is 1. The molecule has 1 N–H and O–H groups in total. The van der Waals surface area contributed by atoms with Crippen molar-refractivity contribution in [1.82, 2.24) is 14.3 Å². The van der Waals surface area contributed by atoms with Crippen LogP contribution in [0.1, 0.15) is 16.8 Å². The summed E-state index contributed by atoms with van der Waals surface area (Å²) in [5.74, 6) is 0. The van der Waals surface area contributed by atoms with Crippen LogP contribution < -0.4 is 11.1 Å². The van der Waals surface area contributed by atoms with E-state index in [9.17, 15) is 9.59 Å². The van der Waals surface area contributed by atoms with Crippen molar-refractivity contribution in [2.24, 2.45) is 0 Å². The molecule has 0 saturated carbocycles. The zero-order valence-corrected chi connectivity index (χ0v) is 15.4. The first-order valence-electron chi connectivity index (χ1n) is 9.01. The van der Waals surface area contributed by atoms with E-state index in [0.717, 1.165) is 23.2 Å². The summed E-state index contributed by atoms with van der Waals surface area (Å²) in [6.07, 6.45) is 0.740. The predicted octanol–water partition coefficient (Wildman–Crippen LogP) is 3.34. The second-order valence-corrected chi connectivity index (χ2v) is 6.78. The summed E-state index contributed by atoms with van der Waals surface area (Å²) in [6.45, 7) is 4.34. The maximum absolute atomic E-state index is 13.1. The van der Waals surface area contributed by atoms with E-state index in [0.29, 0.717) is 23.1 Å². The van der Waals surface area contributed by atoms with Crippen molar-refractivity contribution < 1.29 is 0 Å². The average molecular weight is 359 g/mol. The number of aryl methyl sites for hydroxylation is 3. The lowest BCUT2D eigenvalue weighted by Gasteiger charge is -2.10. The number of H-pyrrole nitrogens is 1. The van der Waals surface area contributed by atoms with Crippen LogP contribution >= 0.6 is 0 Å². The molecule has 0 aliphatic carbocycles. The Labute approximate surface area is 156 Å². The molecule has 27 heavy (non-hydrogen) atoms. The summed E-state index contributed by atoms with van der Waals surface area (Å²) >= 11 is 0. The summed E-state index contributed by atoms with van der Waals surface area (Å²) in [7, 11) is 0. The van der Waals surface area contributed by atoms with E-state index in [4.69, 9.17) is 0 Å². The topological polar surface area (TPSA) is 59.8 Å². The molecule has 0 unspecified atom stereocenters. The van der Waals surface area contributed by atoms with Crippen LogP contribution in [0.5, 0.6) is 0 Å². The number of para-hydroxylation sites is 1. The van der Waals surface area contributed by atoms with Crippen LogP contribution in [0, 0.1) is 13.8 Å².